The molecule has 0 bridgehead atoms. The van der Waals surface area contributed by atoms with Gasteiger partial charge in [-0.2, -0.15) is 0 Å². The summed E-state index contributed by atoms with van der Waals surface area (Å²) in [7, 11) is 0. The van der Waals surface area contributed by atoms with Crippen LogP contribution in [0.4, 0.5) is 0 Å². The average molecular weight is 758 g/mol. The highest BCUT2D eigenvalue weighted by molar-refractivity contribution is 5.77. The number of carbonyl (C=O) groups excluding carboxylic acids is 2. The van der Waals surface area contributed by atoms with E-state index >= 15 is 0 Å². The molecule has 0 spiro atoms. The summed E-state index contributed by atoms with van der Waals surface area (Å²) in [6, 6.07) is -0.708. The summed E-state index contributed by atoms with van der Waals surface area (Å²) in [6.07, 6.45) is 48.8. The third-order valence-electron chi connectivity index (χ3n) is 10.2. The van der Waals surface area contributed by atoms with E-state index in [9.17, 15) is 19.8 Å². The molecule has 0 radical (unpaired) electrons. The second kappa shape index (κ2) is 42.0. The Morgan fingerprint density at radius 3 is 1.56 bits per heavy atom. The van der Waals surface area contributed by atoms with Gasteiger partial charge in [0.1, 0.15) is 6.10 Å². The number of nitrogens with one attached hydrogen (secondary N) is 1. The summed E-state index contributed by atoms with van der Waals surface area (Å²) in [4.78, 5) is 26.0. The number of aliphatic hydroxyl groups is 2. The third kappa shape index (κ3) is 36.8. The maximum absolute atomic E-state index is 13.1. The van der Waals surface area contributed by atoms with Gasteiger partial charge in [-0.25, -0.2) is 0 Å². The summed E-state index contributed by atoms with van der Waals surface area (Å²) in [5.74, 6) is -0.515. The molecule has 0 aromatic rings. The molecule has 6 heteroatoms. The van der Waals surface area contributed by atoms with Crippen molar-refractivity contribution in [2.24, 2.45) is 0 Å². The number of hydrogen-bond donors (Lipinski definition) is 3. The van der Waals surface area contributed by atoms with Crippen molar-refractivity contribution in [2.75, 3.05) is 6.61 Å². The zero-order chi connectivity index (χ0) is 39.6. The number of carbonyl (C=O) groups is 2. The Hall–Kier alpha value is -2.18. The lowest BCUT2D eigenvalue weighted by atomic mass is 10.0. The molecule has 3 unspecified atom stereocenters. The van der Waals surface area contributed by atoms with Gasteiger partial charge in [-0.3, -0.25) is 9.59 Å². The smallest absolute Gasteiger partial charge is 0.306 e. The van der Waals surface area contributed by atoms with Crippen LogP contribution in [0.1, 0.15) is 220 Å². The first-order valence-corrected chi connectivity index (χ1v) is 22.9. The Morgan fingerprint density at radius 2 is 1.02 bits per heavy atom. The van der Waals surface area contributed by atoms with E-state index < -0.39 is 18.2 Å². The Bertz CT molecular complexity index is 941. The van der Waals surface area contributed by atoms with E-state index in [0.717, 1.165) is 96.3 Å². The molecule has 0 rings (SSSR count). The molecule has 0 fully saturated rings. The summed E-state index contributed by atoms with van der Waals surface area (Å²) < 4.78 is 5.89. The molecule has 0 aliphatic carbocycles. The van der Waals surface area contributed by atoms with Crippen LogP contribution in [-0.2, 0) is 14.3 Å². The van der Waals surface area contributed by atoms with Crippen LogP contribution in [0.25, 0.3) is 0 Å². The first kappa shape index (κ1) is 51.8. The average Bonchev–Trinajstić information content (AvgIpc) is 3.16. The van der Waals surface area contributed by atoms with Crippen LogP contribution in [0.3, 0.4) is 0 Å². The van der Waals surface area contributed by atoms with Crippen LogP contribution in [0, 0.1) is 0 Å². The van der Waals surface area contributed by atoms with Crippen LogP contribution in [0.15, 0.2) is 48.6 Å². The van der Waals surface area contributed by atoms with Gasteiger partial charge in [0, 0.05) is 6.42 Å². The van der Waals surface area contributed by atoms with Gasteiger partial charge in [0.25, 0.3) is 0 Å². The highest BCUT2D eigenvalue weighted by atomic mass is 16.5. The molecular weight excluding hydrogens is 671 g/mol. The monoisotopic (exact) mass is 758 g/mol. The van der Waals surface area contributed by atoms with E-state index in [1.807, 2.05) is 0 Å². The van der Waals surface area contributed by atoms with Crippen molar-refractivity contribution in [3.63, 3.8) is 0 Å². The number of hydrogen-bond acceptors (Lipinski definition) is 5. The van der Waals surface area contributed by atoms with E-state index in [-0.39, 0.29) is 24.9 Å². The van der Waals surface area contributed by atoms with E-state index in [2.05, 4.69) is 74.7 Å². The minimum atomic E-state index is -0.793. The first-order chi connectivity index (χ1) is 26.5. The molecule has 0 aliphatic rings. The highest BCUT2D eigenvalue weighted by Crippen LogP contribution is 2.17. The number of amides is 1. The number of ether oxygens (including phenoxy) is 1. The second-order valence-corrected chi connectivity index (χ2v) is 15.5. The molecule has 3 N–H and O–H groups in total. The summed E-state index contributed by atoms with van der Waals surface area (Å²) in [6.45, 7) is 6.30. The summed E-state index contributed by atoms with van der Waals surface area (Å²) >= 11 is 0. The highest BCUT2D eigenvalue weighted by Gasteiger charge is 2.24. The Kier molecular flexibility index (Phi) is 40.3. The predicted octanol–water partition coefficient (Wildman–Crippen LogP) is 13.1. The van der Waals surface area contributed by atoms with Crippen LogP contribution >= 0.6 is 0 Å². The standard InChI is InChI=1S/C48H87NO5/c1-4-7-10-13-16-19-21-23-25-28-30-33-36-39-44(54-48(53)41-38-35-32-29-26-24-22-20-17-14-11-8-5-2)42-47(52)49-45(43-50)46(51)40-37-34-31-27-18-15-12-9-6-3/h7,10,13,16,19,21,24,26,44-46,50-51H,4-6,8-9,11-12,14-15,17-18,20,22-23,25,27-43H2,1-3H3,(H,49,52)/b10-7+,16-13+,21-19+,26-24-. The molecule has 6 nitrogen and oxygen atoms in total. The van der Waals surface area contributed by atoms with Crippen molar-refractivity contribution in [3.05, 3.63) is 48.6 Å². The lowest BCUT2D eigenvalue weighted by Crippen LogP contribution is -2.46. The van der Waals surface area contributed by atoms with Gasteiger partial charge < -0.3 is 20.3 Å². The van der Waals surface area contributed by atoms with E-state index in [1.54, 1.807) is 0 Å². The van der Waals surface area contributed by atoms with Crippen molar-refractivity contribution in [2.45, 2.75) is 238 Å². The topological polar surface area (TPSA) is 95.9 Å². The molecule has 3 atom stereocenters. The van der Waals surface area contributed by atoms with E-state index in [0.29, 0.717) is 19.3 Å². The van der Waals surface area contributed by atoms with Crippen LogP contribution in [0.2, 0.25) is 0 Å². The Morgan fingerprint density at radius 1 is 0.556 bits per heavy atom. The number of esters is 1. The molecule has 0 heterocycles. The van der Waals surface area contributed by atoms with Gasteiger partial charge in [0.2, 0.25) is 5.91 Å². The quantitative estimate of drug-likeness (QED) is 0.0250. The molecule has 0 aromatic heterocycles. The fraction of sp³-hybridized carbons (Fsp3) is 0.792. The number of rotatable bonds is 40. The molecule has 1 amide bonds. The van der Waals surface area contributed by atoms with E-state index in [1.165, 1.54) is 77.0 Å². The molecular formula is C48H87NO5. The third-order valence-corrected chi connectivity index (χ3v) is 10.2. The molecule has 0 aliphatic heterocycles. The SMILES string of the molecule is CC/C=C/C=C/C=C/CCCCCCCC(CC(=O)NC(CO)C(O)CCCCCCCCCCC)OC(=O)CCCCC/C=C\CCCCCCCC. The van der Waals surface area contributed by atoms with Crippen molar-refractivity contribution < 1.29 is 24.5 Å². The van der Waals surface area contributed by atoms with Crippen molar-refractivity contribution >= 4 is 11.9 Å². The lowest BCUT2D eigenvalue weighted by molar-refractivity contribution is -0.151. The number of aliphatic hydroxyl groups excluding tert-OH is 2. The molecule has 54 heavy (non-hydrogen) atoms. The van der Waals surface area contributed by atoms with E-state index in [4.69, 9.17) is 4.74 Å². The van der Waals surface area contributed by atoms with Gasteiger partial charge in [-0.15, -0.1) is 0 Å². The minimum Gasteiger partial charge on any atom is -0.462 e. The Labute approximate surface area is 334 Å². The largest absolute Gasteiger partial charge is 0.462 e. The zero-order valence-corrected chi connectivity index (χ0v) is 35.6. The molecule has 314 valence electrons. The summed E-state index contributed by atoms with van der Waals surface area (Å²) in [5.41, 5.74) is 0. The normalized spacial score (nSPS) is 13.8. The van der Waals surface area contributed by atoms with Crippen molar-refractivity contribution in [1.29, 1.82) is 0 Å². The maximum Gasteiger partial charge on any atom is 0.306 e. The van der Waals surface area contributed by atoms with Crippen LogP contribution < -0.4 is 5.32 Å². The zero-order valence-electron chi connectivity index (χ0n) is 35.6. The van der Waals surface area contributed by atoms with Gasteiger partial charge in [0.15, 0.2) is 0 Å². The molecule has 0 saturated heterocycles. The van der Waals surface area contributed by atoms with Gasteiger partial charge in [-0.05, 0) is 70.6 Å². The lowest BCUT2D eigenvalue weighted by Gasteiger charge is -2.24. The van der Waals surface area contributed by atoms with Crippen molar-refractivity contribution in [1.82, 2.24) is 5.32 Å². The van der Waals surface area contributed by atoms with Gasteiger partial charge in [-0.1, -0.05) is 185 Å². The van der Waals surface area contributed by atoms with Gasteiger partial charge in [0.05, 0.1) is 25.2 Å². The fourth-order valence-corrected chi connectivity index (χ4v) is 6.72. The molecule has 0 saturated carbocycles. The minimum absolute atomic E-state index is 0.0577. The number of unbranched alkanes of at least 4 members (excludes halogenated alkanes) is 22. The fourth-order valence-electron chi connectivity index (χ4n) is 6.72. The first-order valence-electron chi connectivity index (χ1n) is 22.9. The van der Waals surface area contributed by atoms with Crippen LogP contribution in [-0.4, -0.2) is 46.9 Å². The van der Waals surface area contributed by atoms with Crippen molar-refractivity contribution in [3.8, 4) is 0 Å². The Balaban J connectivity index is 4.66. The molecule has 0 aromatic carbocycles. The second-order valence-electron chi connectivity index (χ2n) is 15.5. The summed E-state index contributed by atoms with van der Waals surface area (Å²) in [5, 5.41) is 23.6. The number of allylic oxidation sites excluding steroid dienone is 8. The van der Waals surface area contributed by atoms with Gasteiger partial charge >= 0.3 is 5.97 Å². The van der Waals surface area contributed by atoms with Crippen LogP contribution in [0.5, 0.6) is 0 Å². The predicted molar refractivity (Wildman–Crippen MR) is 232 cm³/mol. The maximum atomic E-state index is 13.1.